The minimum Gasteiger partial charge on any atom is -0.497 e. The first-order valence-corrected chi connectivity index (χ1v) is 8.31. The normalized spacial score (nSPS) is 24.6. The predicted molar refractivity (Wildman–Crippen MR) is 88.7 cm³/mol. The fourth-order valence-corrected chi connectivity index (χ4v) is 3.20. The van der Waals surface area contributed by atoms with Gasteiger partial charge in [0.05, 0.1) is 12.8 Å². The van der Waals surface area contributed by atoms with E-state index in [4.69, 9.17) is 9.57 Å². The van der Waals surface area contributed by atoms with E-state index in [0.717, 1.165) is 43.0 Å². The number of amides is 1. The maximum absolute atomic E-state index is 12.9. The monoisotopic (exact) mass is 316 g/mol. The van der Waals surface area contributed by atoms with E-state index in [2.05, 4.69) is 5.16 Å². The molecule has 0 bridgehead atoms. The van der Waals surface area contributed by atoms with E-state index in [0.29, 0.717) is 6.42 Å². The molecule has 23 heavy (non-hydrogen) atoms. The Morgan fingerprint density at radius 2 is 1.83 bits per heavy atom. The molecule has 1 atom stereocenters. The molecule has 0 aliphatic carbocycles. The van der Waals surface area contributed by atoms with Crippen LogP contribution in [0.25, 0.3) is 0 Å². The number of oxime groups is 1. The van der Waals surface area contributed by atoms with Crippen molar-refractivity contribution in [2.75, 3.05) is 20.2 Å². The van der Waals surface area contributed by atoms with Crippen LogP contribution in [-0.2, 0) is 9.63 Å². The summed E-state index contributed by atoms with van der Waals surface area (Å²) in [5.41, 5.74) is 0.913. The van der Waals surface area contributed by atoms with Crippen LogP contribution in [0.5, 0.6) is 5.75 Å². The molecule has 2 aliphatic rings. The van der Waals surface area contributed by atoms with Crippen molar-refractivity contribution < 1.29 is 14.4 Å². The van der Waals surface area contributed by atoms with Gasteiger partial charge in [0.2, 0.25) is 5.60 Å². The van der Waals surface area contributed by atoms with Gasteiger partial charge in [-0.2, -0.15) is 0 Å². The molecule has 1 saturated heterocycles. The molecule has 0 aromatic heterocycles. The molecule has 2 heterocycles. The highest BCUT2D eigenvalue weighted by molar-refractivity contribution is 6.05. The van der Waals surface area contributed by atoms with Gasteiger partial charge in [0.15, 0.2) is 0 Å². The molecule has 0 saturated carbocycles. The molecule has 1 aromatic carbocycles. The first-order valence-electron chi connectivity index (χ1n) is 8.31. The molecule has 5 heteroatoms. The van der Waals surface area contributed by atoms with Gasteiger partial charge in [0.1, 0.15) is 5.75 Å². The van der Waals surface area contributed by atoms with Gasteiger partial charge in [-0.3, -0.25) is 4.79 Å². The van der Waals surface area contributed by atoms with Crippen LogP contribution in [-0.4, -0.2) is 42.3 Å². The van der Waals surface area contributed by atoms with Crippen molar-refractivity contribution in [3.63, 3.8) is 0 Å². The average molecular weight is 316 g/mol. The summed E-state index contributed by atoms with van der Waals surface area (Å²) < 4.78 is 5.17. The summed E-state index contributed by atoms with van der Waals surface area (Å²) in [6.07, 6.45) is 5.07. The molecule has 0 N–H and O–H groups in total. The third-order valence-electron chi connectivity index (χ3n) is 4.63. The molecule has 1 amide bonds. The molecule has 0 radical (unpaired) electrons. The lowest BCUT2D eigenvalue weighted by Crippen LogP contribution is -2.47. The van der Waals surface area contributed by atoms with E-state index in [9.17, 15) is 4.79 Å². The lowest BCUT2D eigenvalue weighted by atomic mass is 9.94. The summed E-state index contributed by atoms with van der Waals surface area (Å²) in [7, 11) is 1.64. The Labute approximate surface area is 137 Å². The largest absolute Gasteiger partial charge is 0.497 e. The van der Waals surface area contributed by atoms with Gasteiger partial charge in [-0.25, -0.2) is 0 Å². The topological polar surface area (TPSA) is 51.1 Å². The van der Waals surface area contributed by atoms with Gasteiger partial charge in [-0.15, -0.1) is 0 Å². The number of methoxy groups -OCH3 is 1. The highest BCUT2D eigenvalue weighted by atomic mass is 16.7. The van der Waals surface area contributed by atoms with Gasteiger partial charge < -0.3 is 14.5 Å². The number of likely N-dealkylation sites (tertiary alicyclic amines) is 1. The molecule has 5 nitrogen and oxygen atoms in total. The highest BCUT2D eigenvalue weighted by Crippen LogP contribution is 2.30. The van der Waals surface area contributed by atoms with E-state index in [1.807, 2.05) is 36.1 Å². The molecule has 124 valence electrons. The zero-order chi connectivity index (χ0) is 16.3. The van der Waals surface area contributed by atoms with Crippen molar-refractivity contribution in [3.05, 3.63) is 29.8 Å². The van der Waals surface area contributed by atoms with Gasteiger partial charge >= 0.3 is 0 Å². The summed E-state index contributed by atoms with van der Waals surface area (Å²) in [6, 6.07) is 7.68. The van der Waals surface area contributed by atoms with E-state index >= 15 is 0 Å². The van der Waals surface area contributed by atoms with Gasteiger partial charge in [-0.1, -0.05) is 18.0 Å². The number of rotatable bonds is 3. The Morgan fingerprint density at radius 1 is 1.17 bits per heavy atom. The zero-order valence-electron chi connectivity index (χ0n) is 13.9. The quantitative estimate of drug-likeness (QED) is 0.861. The maximum atomic E-state index is 12.9. The highest BCUT2D eigenvalue weighted by Gasteiger charge is 2.44. The van der Waals surface area contributed by atoms with Crippen molar-refractivity contribution in [3.8, 4) is 5.75 Å². The summed E-state index contributed by atoms with van der Waals surface area (Å²) >= 11 is 0. The van der Waals surface area contributed by atoms with Gasteiger partial charge in [0.25, 0.3) is 5.91 Å². The smallest absolute Gasteiger partial charge is 0.269 e. The van der Waals surface area contributed by atoms with Crippen LogP contribution >= 0.6 is 0 Å². The Hall–Kier alpha value is -2.04. The van der Waals surface area contributed by atoms with E-state index in [1.54, 1.807) is 7.11 Å². The summed E-state index contributed by atoms with van der Waals surface area (Å²) in [5.74, 6) is 0.864. The number of hydrogen-bond donors (Lipinski definition) is 0. The Balaban J connectivity index is 1.69. The number of carbonyl (C=O) groups is 1. The summed E-state index contributed by atoms with van der Waals surface area (Å²) in [4.78, 5) is 20.4. The average Bonchev–Trinajstić information content (AvgIpc) is 2.81. The van der Waals surface area contributed by atoms with Crippen LogP contribution in [0.3, 0.4) is 0 Å². The fourth-order valence-electron chi connectivity index (χ4n) is 3.20. The van der Waals surface area contributed by atoms with Crippen molar-refractivity contribution in [1.29, 1.82) is 0 Å². The van der Waals surface area contributed by atoms with Crippen LogP contribution in [0.2, 0.25) is 0 Å². The number of hydrogen-bond acceptors (Lipinski definition) is 4. The van der Waals surface area contributed by atoms with Crippen LogP contribution in [0.1, 0.15) is 44.6 Å². The third-order valence-corrected chi connectivity index (χ3v) is 4.63. The zero-order valence-corrected chi connectivity index (χ0v) is 13.9. The molecule has 3 rings (SSSR count). The molecule has 0 unspecified atom stereocenters. The van der Waals surface area contributed by atoms with Crippen LogP contribution in [0.4, 0.5) is 0 Å². The molecule has 1 aromatic rings. The van der Waals surface area contributed by atoms with E-state index < -0.39 is 5.60 Å². The van der Waals surface area contributed by atoms with Crippen molar-refractivity contribution >= 4 is 11.6 Å². The molecule has 2 aliphatic heterocycles. The molecule has 1 fully saturated rings. The number of carbonyl (C=O) groups excluding carboxylic acids is 1. The minimum atomic E-state index is -0.875. The van der Waals surface area contributed by atoms with Crippen molar-refractivity contribution in [2.24, 2.45) is 5.16 Å². The van der Waals surface area contributed by atoms with Crippen LogP contribution in [0.15, 0.2) is 29.4 Å². The minimum absolute atomic E-state index is 0.0617. The van der Waals surface area contributed by atoms with Crippen molar-refractivity contribution in [2.45, 2.75) is 44.6 Å². The summed E-state index contributed by atoms with van der Waals surface area (Å²) in [5, 5.41) is 4.18. The Kier molecular flexibility index (Phi) is 4.55. The van der Waals surface area contributed by atoms with Gasteiger partial charge in [-0.05, 0) is 49.6 Å². The van der Waals surface area contributed by atoms with E-state index in [-0.39, 0.29) is 5.91 Å². The molecular weight excluding hydrogens is 292 g/mol. The lowest BCUT2D eigenvalue weighted by molar-refractivity contribution is -0.153. The number of ether oxygens (including phenoxy) is 1. The van der Waals surface area contributed by atoms with Crippen LogP contribution in [0, 0.1) is 0 Å². The molecule has 0 spiro atoms. The second-order valence-electron chi connectivity index (χ2n) is 6.47. The van der Waals surface area contributed by atoms with Crippen molar-refractivity contribution in [1.82, 2.24) is 4.90 Å². The second-order valence-corrected chi connectivity index (χ2v) is 6.47. The second kappa shape index (κ2) is 6.60. The van der Waals surface area contributed by atoms with Crippen LogP contribution < -0.4 is 4.74 Å². The lowest BCUT2D eigenvalue weighted by Gasteiger charge is -2.29. The fraction of sp³-hybridized carbons (Fsp3) is 0.556. The summed E-state index contributed by atoms with van der Waals surface area (Å²) in [6.45, 7) is 3.51. The third kappa shape index (κ3) is 3.33. The predicted octanol–water partition coefficient (Wildman–Crippen LogP) is 2.98. The Morgan fingerprint density at radius 3 is 2.43 bits per heavy atom. The Bertz CT molecular complexity index is 589. The number of benzene rings is 1. The number of nitrogens with zero attached hydrogens (tertiary/aromatic N) is 2. The maximum Gasteiger partial charge on any atom is 0.269 e. The molecular formula is C18H24N2O3. The SMILES string of the molecule is COc1ccc(C2=NO[C@@](C)(C(=O)N3CCCCCC3)C2)cc1. The standard InChI is InChI=1S/C18H24N2O3/c1-18(17(21)20-11-5-3-4-6-12-20)13-16(19-23-18)14-7-9-15(22-2)10-8-14/h7-10H,3-6,11-13H2,1-2H3/t18-/m1/s1. The van der Waals surface area contributed by atoms with E-state index in [1.165, 1.54) is 12.8 Å². The van der Waals surface area contributed by atoms with Gasteiger partial charge in [0, 0.05) is 19.5 Å². The first kappa shape index (κ1) is 15.8. The first-order chi connectivity index (χ1) is 11.1.